The fourth-order valence-corrected chi connectivity index (χ4v) is 1.13. The van der Waals surface area contributed by atoms with Crippen LogP contribution >= 0.6 is 0 Å². The Morgan fingerprint density at radius 2 is 2.18 bits per heavy atom. The van der Waals surface area contributed by atoms with Gasteiger partial charge in [0.05, 0.1) is 12.4 Å². The van der Waals surface area contributed by atoms with Crippen LogP contribution in [-0.2, 0) is 0 Å². The highest BCUT2D eigenvalue weighted by molar-refractivity contribution is 5.79. The minimum atomic E-state index is 1.15. The van der Waals surface area contributed by atoms with E-state index in [-0.39, 0.29) is 0 Å². The van der Waals surface area contributed by atoms with E-state index in [1.807, 2.05) is 12.4 Å². The van der Waals surface area contributed by atoms with Crippen molar-refractivity contribution in [1.29, 1.82) is 0 Å². The molecule has 0 amide bonds. The van der Waals surface area contributed by atoms with Gasteiger partial charge in [-0.15, -0.1) is 0 Å². The second-order valence-electron chi connectivity index (χ2n) is 2.87. The molecule has 0 aromatic carbocycles. The maximum Gasteiger partial charge on any atom is 0.0543 e. The third kappa shape index (κ3) is 3.21. The number of hydrogen-bond donors (Lipinski definition) is 0. The van der Waals surface area contributed by atoms with Gasteiger partial charge in [0.15, 0.2) is 0 Å². The van der Waals surface area contributed by atoms with Crippen molar-refractivity contribution in [1.82, 2.24) is 5.43 Å². The van der Waals surface area contributed by atoms with Crippen molar-refractivity contribution in [2.75, 3.05) is 0 Å². The van der Waals surface area contributed by atoms with Crippen LogP contribution in [0.3, 0.4) is 0 Å². The van der Waals surface area contributed by atoms with Gasteiger partial charge in [0, 0.05) is 0 Å². The van der Waals surface area contributed by atoms with Crippen LogP contribution in [0, 0.1) is 0 Å². The van der Waals surface area contributed by atoms with Gasteiger partial charge in [-0.05, 0) is 18.4 Å². The fourth-order valence-electron chi connectivity index (χ4n) is 1.13. The molecule has 0 fully saturated rings. The standard InChI is InChI=1S/C9H15N2/c1-2-3-4-5-6-9-7-10-11-8-9/h7-8H,2-6H2,1H3. The molecule has 1 rings (SSSR count). The summed E-state index contributed by atoms with van der Waals surface area (Å²) < 4.78 is 0. The van der Waals surface area contributed by atoms with Crippen LogP contribution in [0.15, 0.2) is 16.9 Å². The number of rotatable bonds is 5. The Kier molecular flexibility index (Phi) is 3.73. The van der Waals surface area contributed by atoms with E-state index in [1.54, 1.807) is 0 Å². The van der Waals surface area contributed by atoms with Gasteiger partial charge in [0.2, 0.25) is 0 Å². The molecule has 0 saturated heterocycles. The summed E-state index contributed by atoms with van der Waals surface area (Å²) in [7, 11) is 0. The minimum Gasteiger partial charge on any atom is -0.159 e. The smallest absolute Gasteiger partial charge is 0.0543 e. The van der Waals surface area contributed by atoms with Crippen molar-refractivity contribution in [3.05, 3.63) is 11.8 Å². The summed E-state index contributed by atoms with van der Waals surface area (Å²) in [6.07, 6.45) is 10.1. The zero-order valence-corrected chi connectivity index (χ0v) is 7.08. The Hall–Kier alpha value is -0.790. The maximum atomic E-state index is 3.77. The molecule has 1 aliphatic heterocycles. The summed E-state index contributed by atoms with van der Waals surface area (Å²) in [5.74, 6) is 0. The molecule has 0 aromatic rings. The number of unbranched alkanes of at least 4 members (excludes halogenated alkanes) is 3. The molecule has 1 radical (unpaired) electrons. The Balaban J connectivity index is 1.99. The van der Waals surface area contributed by atoms with Crippen LogP contribution in [-0.4, -0.2) is 6.21 Å². The van der Waals surface area contributed by atoms with Gasteiger partial charge in [0.25, 0.3) is 0 Å². The first-order valence-corrected chi connectivity index (χ1v) is 4.35. The van der Waals surface area contributed by atoms with Crippen molar-refractivity contribution < 1.29 is 0 Å². The van der Waals surface area contributed by atoms with Crippen molar-refractivity contribution in [2.45, 2.75) is 39.0 Å². The summed E-state index contributed by atoms with van der Waals surface area (Å²) in [4.78, 5) is 0. The molecular weight excluding hydrogens is 136 g/mol. The SMILES string of the molecule is CCCCCCC1=C[N]N=C1. The molecule has 61 valence electrons. The highest BCUT2D eigenvalue weighted by Gasteiger charge is 1.98. The molecule has 2 heteroatoms. The van der Waals surface area contributed by atoms with E-state index in [1.165, 1.54) is 31.3 Å². The van der Waals surface area contributed by atoms with E-state index < -0.39 is 0 Å². The van der Waals surface area contributed by atoms with Crippen LogP contribution in [0.25, 0.3) is 0 Å². The van der Waals surface area contributed by atoms with Crippen LogP contribution < -0.4 is 5.43 Å². The Morgan fingerprint density at radius 3 is 2.82 bits per heavy atom. The molecule has 1 aliphatic rings. The summed E-state index contributed by atoms with van der Waals surface area (Å²) >= 11 is 0. The maximum absolute atomic E-state index is 3.77. The molecule has 0 bridgehead atoms. The minimum absolute atomic E-state index is 1.15. The van der Waals surface area contributed by atoms with Crippen molar-refractivity contribution in [2.24, 2.45) is 5.10 Å². The van der Waals surface area contributed by atoms with E-state index in [9.17, 15) is 0 Å². The first kappa shape index (κ1) is 8.31. The van der Waals surface area contributed by atoms with Crippen molar-refractivity contribution >= 4 is 6.21 Å². The molecule has 0 aliphatic carbocycles. The Labute approximate surface area is 68.4 Å². The van der Waals surface area contributed by atoms with Crippen LogP contribution in [0.5, 0.6) is 0 Å². The lowest BCUT2D eigenvalue weighted by Gasteiger charge is -1.96. The van der Waals surface area contributed by atoms with E-state index in [4.69, 9.17) is 0 Å². The van der Waals surface area contributed by atoms with E-state index in [2.05, 4.69) is 17.5 Å². The largest absolute Gasteiger partial charge is 0.159 e. The highest BCUT2D eigenvalue weighted by atomic mass is 15.3. The van der Waals surface area contributed by atoms with Crippen LogP contribution in [0.2, 0.25) is 0 Å². The van der Waals surface area contributed by atoms with E-state index in [0.717, 1.165) is 6.42 Å². The van der Waals surface area contributed by atoms with Crippen LogP contribution in [0.4, 0.5) is 0 Å². The average molecular weight is 151 g/mol. The fraction of sp³-hybridized carbons (Fsp3) is 0.667. The molecular formula is C9H15N2. The summed E-state index contributed by atoms with van der Waals surface area (Å²) in [6, 6.07) is 0. The molecule has 0 saturated carbocycles. The monoisotopic (exact) mass is 151 g/mol. The molecule has 0 aromatic heterocycles. The lowest BCUT2D eigenvalue weighted by Crippen LogP contribution is -1.82. The average Bonchev–Trinajstić information content (AvgIpc) is 2.50. The van der Waals surface area contributed by atoms with Gasteiger partial charge in [-0.3, -0.25) is 0 Å². The predicted octanol–water partition coefficient (Wildman–Crippen LogP) is 2.44. The second kappa shape index (κ2) is 4.94. The summed E-state index contributed by atoms with van der Waals surface area (Å²) in [6.45, 7) is 2.23. The topological polar surface area (TPSA) is 26.5 Å². The number of allylic oxidation sites excluding steroid dienone is 1. The lowest BCUT2D eigenvalue weighted by atomic mass is 10.1. The third-order valence-corrected chi connectivity index (χ3v) is 1.83. The number of nitrogens with zero attached hydrogens (tertiary/aromatic N) is 2. The molecule has 0 N–H and O–H groups in total. The van der Waals surface area contributed by atoms with E-state index in [0.29, 0.717) is 0 Å². The van der Waals surface area contributed by atoms with Crippen LogP contribution in [0.1, 0.15) is 39.0 Å². The molecule has 0 atom stereocenters. The first-order valence-electron chi connectivity index (χ1n) is 4.35. The first-order chi connectivity index (χ1) is 5.43. The van der Waals surface area contributed by atoms with Crippen molar-refractivity contribution in [3.63, 3.8) is 0 Å². The zero-order chi connectivity index (χ0) is 7.94. The second-order valence-corrected chi connectivity index (χ2v) is 2.87. The van der Waals surface area contributed by atoms with Gasteiger partial charge in [0.1, 0.15) is 0 Å². The highest BCUT2D eigenvalue weighted by Crippen LogP contribution is 2.09. The quantitative estimate of drug-likeness (QED) is 0.539. The Morgan fingerprint density at radius 1 is 1.27 bits per heavy atom. The summed E-state index contributed by atoms with van der Waals surface area (Å²) in [5.41, 5.74) is 5.05. The Bertz CT molecular complexity index is 159. The van der Waals surface area contributed by atoms with Crippen molar-refractivity contribution in [3.8, 4) is 0 Å². The van der Waals surface area contributed by atoms with Gasteiger partial charge in [-0.1, -0.05) is 26.2 Å². The lowest BCUT2D eigenvalue weighted by molar-refractivity contribution is 0.670. The number of hydrogen-bond acceptors (Lipinski definition) is 1. The van der Waals surface area contributed by atoms with Gasteiger partial charge in [-0.2, -0.15) is 10.5 Å². The zero-order valence-electron chi connectivity index (χ0n) is 7.08. The predicted molar refractivity (Wildman–Crippen MR) is 47.5 cm³/mol. The van der Waals surface area contributed by atoms with E-state index >= 15 is 0 Å². The van der Waals surface area contributed by atoms with Gasteiger partial charge >= 0.3 is 0 Å². The third-order valence-electron chi connectivity index (χ3n) is 1.83. The van der Waals surface area contributed by atoms with Gasteiger partial charge in [-0.25, -0.2) is 0 Å². The van der Waals surface area contributed by atoms with Gasteiger partial charge < -0.3 is 0 Å². The summed E-state index contributed by atoms with van der Waals surface area (Å²) in [5, 5.41) is 3.77. The molecule has 0 spiro atoms. The molecule has 11 heavy (non-hydrogen) atoms. The molecule has 0 unspecified atom stereocenters. The molecule has 1 heterocycles. The normalized spacial score (nSPS) is 14.8. The molecule has 2 nitrogen and oxygen atoms in total.